The molecule has 0 aliphatic rings. The van der Waals surface area contributed by atoms with Crippen molar-refractivity contribution in [1.29, 1.82) is 0 Å². The molecule has 9 nitrogen and oxygen atoms in total. The second-order valence-electron chi connectivity index (χ2n) is 6.89. The normalized spacial score (nSPS) is 12.5. The first-order valence-corrected chi connectivity index (χ1v) is 11.8. The average molecular weight is 457 g/mol. The van der Waals surface area contributed by atoms with Gasteiger partial charge in [-0.25, -0.2) is 17.9 Å². The number of amides is 1. The third-order valence-corrected chi connectivity index (χ3v) is 5.88. The standard InChI is InChI=1S/C19H24N2O7S2/c1-12(2)17(21-18(23)15-5-4-10-27-15)19(24)28-11-14(22)16-7-6-13(29-16)8-9-20-30(3,25)26/h4-7,10,12,17,20H,8-9,11H2,1-3H3,(H,21,23)/t17-/m0/s1. The molecule has 2 rings (SSSR count). The van der Waals surface area contributed by atoms with Gasteiger partial charge < -0.3 is 14.5 Å². The quantitative estimate of drug-likeness (QED) is 0.388. The second kappa shape index (κ2) is 10.5. The van der Waals surface area contributed by atoms with E-state index in [4.69, 9.17) is 9.15 Å². The number of rotatable bonds is 11. The van der Waals surface area contributed by atoms with Crippen LogP contribution in [0.2, 0.25) is 0 Å². The maximum atomic E-state index is 12.4. The van der Waals surface area contributed by atoms with Gasteiger partial charge in [-0.15, -0.1) is 11.3 Å². The van der Waals surface area contributed by atoms with Crippen molar-refractivity contribution >= 4 is 39.0 Å². The molecule has 0 aromatic carbocycles. The van der Waals surface area contributed by atoms with Gasteiger partial charge in [0.2, 0.25) is 15.8 Å². The Kier molecular flexibility index (Phi) is 8.33. The van der Waals surface area contributed by atoms with Crippen LogP contribution >= 0.6 is 11.3 Å². The highest BCUT2D eigenvalue weighted by Gasteiger charge is 2.27. The Morgan fingerprint density at radius 3 is 2.53 bits per heavy atom. The van der Waals surface area contributed by atoms with Crippen molar-refractivity contribution in [3.63, 3.8) is 0 Å². The minimum absolute atomic E-state index is 0.0704. The summed E-state index contributed by atoms with van der Waals surface area (Å²) in [5.41, 5.74) is 0. The first-order chi connectivity index (χ1) is 14.1. The Hall–Kier alpha value is -2.50. The predicted molar refractivity (Wildman–Crippen MR) is 111 cm³/mol. The van der Waals surface area contributed by atoms with E-state index in [1.807, 2.05) is 0 Å². The van der Waals surface area contributed by atoms with E-state index in [-0.39, 0.29) is 24.0 Å². The van der Waals surface area contributed by atoms with Gasteiger partial charge in [0.15, 0.2) is 12.4 Å². The highest BCUT2D eigenvalue weighted by molar-refractivity contribution is 7.88. The Labute approximate surface area is 178 Å². The van der Waals surface area contributed by atoms with Crippen molar-refractivity contribution in [3.05, 3.63) is 46.0 Å². The molecule has 0 bridgehead atoms. The average Bonchev–Trinajstić information content (AvgIpc) is 3.34. The summed E-state index contributed by atoms with van der Waals surface area (Å²) in [5, 5.41) is 2.55. The zero-order valence-electron chi connectivity index (χ0n) is 16.8. The zero-order chi connectivity index (χ0) is 22.3. The molecule has 2 aromatic heterocycles. The van der Waals surface area contributed by atoms with E-state index in [1.54, 1.807) is 32.0 Å². The van der Waals surface area contributed by atoms with E-state index in [0.717, 1.165) is 11.1 Å². The molecular formula is C19H24N2O7S2. The largest absolute Gasteiger partial charge is 0.459 e. The first kappa shape index (κ1) is 23.8. The summed E-state index contributed by atoms with van der Waals surface area (Å²) in [6.07, 6.45) is 2.87. The van der Waals surface area contributed by atoms with E-state index < -0.39 is 34.5 Å². The van der Waals surface area contributed by atoms with Gasteiger partial charge in [0.25, 0.3) is 5.91 Å². The molecule has 0 saturated carbocycles. The predicted octanol–water partition coefficient (Wildman–Crippen LogP) is 1.61. The number of ether oxygens (including phenoxy) is 1. The maximum Gasteiger partial charge on any atom is 0.329 e. The van der Waals surface area contributed by atoms with Crippen LogP contribution < -0.4 is 10.0 Å². The smallest absolute Gasteiger partial charge is 0.329 e. The Balaban J connectivity index is 1.87. The lowest BCUT2D eigenvalue weighted by Crippen LogP contribution is -2.45. The number of hydrogen-bond acceptors (Lipinski definition) is 8. The molecule has 1 amide bonds. The van der Waals surface area contributed by atoms with Gasteiger partial charge in [-0.1, -0.05) is 13.8 Å². The number of Topliss-reactive ketones (excluding diaryl/α,β-unsaturated/α-hetero) is 1. The van der Waals surface area contributed by atoms with Gasteiger partial charge in [0.1, 0.15) is 6.04 Å². The first-order valence-electron chi connectivity index (χ1n) is 9.14. The number of hydrogen-bond donors (Lipinski definition) is 2. The number of carbonyl (C=O) groups is 3. The summed E-state index contributed by atoms with van der Waals surface area (Å²) >= 11 is 1.21. The summed E-state index contributed by atoms with van der Waals surface area (Å²) < 4.78 is 34.7. The molecular weight excluding hydrogens is 432 g/mol. The topological polar surface area (TPSA) is 132 Å². The van der Waals surface area contributed by atoms with Crippen molar-refractivity contribution in [1.82, 2.24) is 10.0 Å². The van der Waals surface area contributed by atoms with Gasteiger partial charge in [-0.2, -0.15) is 0 Å². The minimum Gasteiger partial charge on any atom is -0.459 e. The van der Waals surface area contributed by atoms with Gasteiger partial charge >= 0.3 is 5.97 Å². The summed E-state index contributed by atoms with van der Waals surface area (Å²) in [6.45, 7) is 3.26. The zero-order valence-corrected chi connectivity index (χ0v) is 18.5. The molecule has 11 heteroatoms. The van der Waals surface area contributed by atoms with Crippen molar-refractivity contribution in [2.45, 2.75) is 26.3 Å². The molecule has 1 atom stereocenters. The molecule has 0 radical (unpaired) electrons. The van der Waals surface area contributed by atoms with Crippen LogP contribution in [0.4, 0.5) is 0 Å². The Morgan fingerprint density at radius 1 is 1.20 bits per heavy atom. The molecule has 30 heavy (non-hydrogen) atoms. The molecule has 0 spiro atoms. The number of ketones is 1. The number of carbonyl (C=O) groups excluding carboxylic acids is 3. The fourth-order valence-corrected chi connectivity index (χ4v) is 3.84. The van der Waals surface area contributed by atoms with Crippen LogP contribution in [-0.4, -0.2) is 51.5 Å². The van der Waals surface area contributed by atoms with Crippen LogP contribution in [-0.2, 0) is 26.0 Å². The lowest BCUT2D eigenvalue weighted by Gasteiger charge is -2.20. The molecule has 2 N–H and O–H groups in total. The van der Waals surface area contributed by atoms with Crippen molar-refractivity contribution in [2.75, 3.05) is 19.4 Å². The summed E-state index contributed by atoms with van der Waals surface area (Å²) in [5.74, 6) is -1.83. The number of sulfonamides is 1. The summed E-state index contributed by atoms with van der Waals surface area (Å²) in [6, 6.07) is 5.43. The lowest BCUT2D eigenvalue weighted by molar-refractivity contribution is -0.145. The fraction of sp³-hybridized carbons (Fsp3) is 0.421. The Morgan fingerprint density at radius 2 is 1.93 bits per heavy atom. The maximum absolute atomic E-state index is 12.4. The van der Waals surface area contributed by atoms with Crippen LogP contribution in [0, 0.1) is 5.92 Å². The van der Waals surface area contributed by atoms with E-state index in [2.05, 4.69) is 10.0 Å². The number of thiophene rings is 1. The van der Waals surface area contributed by atoms with Crippen molar-refractivity contribution in [3.8, 4) is 0 Å². The van der Waals surface area contributed by atoms with Crippen LogP contribution in [0.5, 0.6) is 0 Å². The van der Waals surface area contributed by atoms with Crippen molar-refractivity contribution in [2.24, 2.45) is 5.92 Å². The molecule has 0 aliphatic heterocycles. The van der Waals surface area contributed by atoms with E-state index in [9.17, 15) is 22.8 Å². The van der Waals surface area contributed by atoms with Crippen LogP contribution in [0.25, 0.3) is 0 Å². The lowest BCUT2D eigenvalue weighted by atomic mass is 10.0. The fourth-order valence-electron chi connectivity index (χ4n) is 2.44. The highest BCUT2D eigenvalue weighted by atomic mass is 32.2. The molecule has 0 aliphatic carbocycles. The molecule has 164 valence electrons. The van der Waals surface area contributed by atoms with E-state index in [0.29, 0.717) is 11.3 Å². The monoisotopic (exact) mass is 456 g/mol. The van der Waals surface area contributed by atoms with Crippen LogP contribution in [0.1, 0.15) is 39.0 Å². The summed E-state index contributed by atoms with van der Waals surface area (Å²) in [7, 11) is -3.27. The SMILES string of the molecule is CC(C)[C@H](NC(=O)c1ccco1)C(=O)OCC(=O)c1ccc(CCNS(C)(=O)=O)s1. The third-order valence-electron chi connectivity index (χ3n) is 3.97. The number of esters is 1. The van der Waals surface area contributed by atoms with E-state index in [1.165, 1.54) is 23.7 Å². The van der Waals surface area contributed by atoms with Gasteiger partial charge in [-0.3, -0.25) is 9.59 Å². The molecule has 0 unspecified atom stereocenters. The highest BCUT2D eigenvalue weighted by Crippen LogP contribution is 2.18. The minimum atomic E-state index is -3.27. The van der Waals surface area contributed by atoms with Gasteiger partial charge in [0, 0.05) is 11.4 Å². The van der Waals surface area contributed by atoms with Crippen molar-refractivity contribution < 1.29 is 32.0 Å². The van der Waals surface area contributed by atoms with E-state index >= 15 is 0 Å². The van der Waals surface area contributed by atoms with Crippen LogP contribution in [0.3, 0.4) is 0 Å². The van der Waals surface area contributed by atoms with Crippen LogP contribution in [0.15, 0.2) is 34.9 Å². The molecule has 2 aromatic rings. The third kappa shape index (κ3) is 7.39. The molecule has 0 fully saturated rings. The Bertz CT molecular complexity index is 978. The number of nitrogens with one attached hydrogen (secondary N) is 2. The van der Waals surface area contributed by atoms with Gasteiger partial charge in [-0.05, 0) is 36.6 Å². The second-order valence-corrected chi connectivity index (χ2v) is 9.89. The molecule has 2 heterocycles. The van der Waals surface area contributed by atoms with Gasteiger partial charge in [0.05, 0.1) is 17.4 Å². The molecule has 0 saturated heterocycles. The summed E-state index contributed by atoms with van der Waals surface area (Å²) in [4.78, 5) is 38.0. The number of furan rings is 1.